The molecule has 0 spiro atoms. The minimum absolute atomic E-state index is 0.0131. The Labute approximate surface area is 160 Å². The summed E-state index contributed by atoms with van der Waals surface area (Å²) in [5.74, 6) is 0.0131. The van der Waals surface area contributed by atoms with Crippen LogP contribution in [0.5, 0.6) is 0 Å². The lowest BCUT2D eigenvalue weighted by Gasteiger charge is -2.26. The predicted octanol–water partition coefficient (Wildman–Crippen LogP) is 3.91. The van der Waals surface area contributed by atoms with Crippen LogP contribution in [0.25, 0.3) is 10.9 Å². The molecule has 4 rings (SSSR count). The molecule has 0 bridgehead atoms. The molecule has 1 aromatic heterocycles. The lowest BCUT2D eigenvalue weighted by Crippen LogP contribution is -2.38. The molecule has 1 amide bonds. The van der Waals surface area contributed by atoms with Crippen molar-refractivity contribution in [3.63, 3.8) is 0 Å². The highest BCUT2D eigenvalue weighted by atomic mass is 16.1. The van der Waals surface area contributed by atoms with Gasteiger partial charge in [-0.1, -0.05) is 55.0 Å². The Morgan fingerprint density at radius 1 is 0.926 bits per heavy atom. The highest BCUT2D eigenvalue weighted by molar-refractivity contribution is 5.98. The number of fused-ring (bicyclic) bond motifs is 1. The van der Waals surface area contributed by atoms with Gasteiger partial charge in [-0.05, 0) is 43.6 Å². The molecule has 4 nitrogen and oxygen atoms in total. The third-order valence-electron chi connectivity index (χ3n) is 5.39. The SMILES string of the molecule is O=C(NCCN1CCCCC1)c1cc2ccccc2n1Cc1ccccc1. The molecule has 1 N–H and O–H groups in total. The number of hydrogen-bond donors (Lipinski definition) is 1. The van der Waals surface area contributed by atoms with E-state index < -0.39 is 0 Å². The second kappa shape index (κ2) is 8.40. The van der Waals surface area contributed by atoms with Gasteiger partial charge in [0.05, 0.1) is 0 Å². The predicted molar refractivity (Wildman–Crippen MR) is 110 cm³/mol. The minimum atomic E-state index is 0.0131. The molecule has 0 saturated carbocycles. The zero-order chi connectivity index (χ0) is 18.5. The molecule has 3 aromatic rings. The van der Waals surface area contributed by atoms with Crippen LogP contribution in [0, 0.1) is 0 Å². The smallest absolute Gasteiger partial charge is 0.267 e. The number of hydrogen-bond acceptors (Lipinski definition) is 2. The number of aromatic nitrogens is 1. The molecule has 2 heterocycles. The summed E-state index contributed by atoms with van der Waals surface area (Å²) in [6, 6.07) is 20.5. The van der Waals surface area contributed by atoms with Crippen LogP contribution in [-0.2, 0) is 6.54 Å². The molecule has 1 fully saturated rings. The lowest BCUT2D eigenvalue weighted by atomic mass is 10.1. The van der Waals surface area contributed by atoms with Crippen molar-refractivity contribution in [2.45, 2.75) is 25.8 Å². The fraction of sp³-hybridized carbons (Fsp3) is 0.348. The average molecular weight is 361 g/mol. The van der Waals surface area contributed by atoms with E-state index in [0.29, 0.717) is 13.1 Å². The summed E-state index contributed by atoms with van der Waals surface area (Å²) in [5, 5.41) is 4.24. The molecule has 140 valence electrons. The largest absolute Gasteiger partial charge is 0.349 e. The van der Waals surface area contributed by atoms with Crippen LogP contribution >= 0.6 is 0 Å². The van der Waals surface area contributed by atoms with E-state index in [1.54, 1.807) is 0 Å². The normalized spacial score (nSPS) is 15.1. The Bertz CT molecular complexity index is 894. The van der Waals surface area contributed by atoms with Gasteiger partial charge in [0.2, 0.25) is 0 Å². The summed E-state index contributed by atoms with van der Waals surface area (Å²) < 4.78 is 2.13. The molecule has 0 radical (unpaired) electrons. The number of likely N-dealkylation sites (tertiary alicyclic amines) is 1. The Morgan fingerprint density at radius 2 is 1.67 bits per heavy atom. The quantitative estimate of drug-likeness (QED) is 0.723. The van der Waals surface area contributed by atoms with E-state index in [9.17, 15) is 4.79 Å². The third kappa shape index (κ3) is 4.22. The molecule has 1 aliphatic heterocycles. The fourth-order valence-corrected chi connectivity index (χ4v) is 3.94. The number of nitrogens with zero attached hydrogens (tertiary/aromatic N) is 2. The molecular weight excluding hydrogens is 334 g/mol. The zero-order valence-electron chi connectivity index (χ0n) is 15.7. The first-order chi connectivity index (χ1) is 13.3. The van der Waals surface area contributed by atoms with E-state index in [2.05, 4.69) is 39.0 Å². The van der Waals surface area contributed by atoms with E-state index in [-0.39, 0.29) is 5.91 Å². The molecule has 0 unspecified atom stereocenters. The van der Waals surface area contributed by atoms with Crippen molar-refractivity contribution in [3.05, 3.63) is 71.9 Å². The van der Waals surface area contributed by atoms with Crippen LogP contribution < -0.4 is 5.32 Å². The lowest BCUT2D eigenvalue weighted by molar-refractivity contribution is 0.0938. The van der Waals surface area contributed by atoms with Crippen molar-refractivity contribution < 1.29 is 4.79 Å². The van der Waals surface area contributed by atoms with Crippen molar-refractivity contribution in [1.82, 2.24) is 14.8 Å². The van der Waals surface area contributed by atoms with E-state index >= 15 is 0 Å². The summed E-state index contributed by atoms with van der Waals surface area (Å²) in [5.41, 5.74) is 3.03. The van der Waals surface area contributed by atoms with E-state index in [0.717, 1.165) is 36.2 Å². The number of carbonyl (C=O) groups is 1. The number of benzene rings is 2. The Balaban J connectivity index is 1.51. The van der Waals surface area contributed by atoms with Gasteiger partial charge in [-0.15, -0.1) is 0 Å². The van der Waals surface area contributed by atoms with Crippen molar-refractivity contribution in [1.29, 1.82) is 0 Å². The second-order valence-corrected chi connectivity index (χ2v) is 7.32. The van der Waals surface area contributed by atoms with Crippen LogP contribution in [-0.4, -0.2) is 41.6 Å². The first-order valence-electron chi connectivity index (χ1n) is 9.94. The Morgan fingerprint density at radius 3 is 2.48 bits per heavy atom. The van der Waals surface area contributed by atoms with Crippen LogP contribution in [0.15, 0.2) is 60.7 Å². The average Bonchev–Trinajstić information content (AvgIpc) is 3.08. The van der Waals surface area contributed by atoms with Crippen LogP contribution in [0.4, 0.5) is 0 Å². The highest BCUT2D eigenvalue weighted by Gasteiger charge is 2.16. The van der Waals surface area contributed by atoms with Gasteiger partial charge < -0.3 is 14.8 Å². The van der Waals surface area contributed by atoms with Gasteiger partial charge in [-0.2, -0.15) is 0 Å². The Kier molecular flexibility index (Phi) is 5.54. The maximum Gasteiger partial charge on any atom is 0.267 e. The summed E-state index contributed by atoms with van der Waals surface area (Å²) in [6.07, 6.45) is 3.89. The van der Waals surface area contributed by atoms with Gasteiger partial charge in [-0.3, -0.25) is 4.79 Å². The summed E-state index contributed by atoms with van der Waals surface area (Å²) in [7, 11) is 0. The number of para-hydroxylation sites is 1. The van der Waals surface area contributed by atoms with Gasteiger partial charge in [0.1, 0.15) is 5.69 Å². The summed E-state index contributed by atoms with van der Waals surface area (Å²) >= 11 is 0. The maximum absolute atomic E-state index is 12.9. The van der Waals surface area contributed by atoms with Crippen LogP contribution in [0.3, 0.4) is 0 Å². The van der Waals surface area contributed by atoms with Crippen molar-refractivity contribution in [3.8, 4) is 0 Å². The monoisotopic (exact) mass is 361 g/mol. The van der Waals surface area contributed by atoms with Crippen molar-refractivity contribution >= 4 is 16.8 Å². The van der Waals surface area contributed by atoms with Gasteiger partial charge in [0.15, 0.2) is 0 Å². The maximum atomic E-state index is 12.9. The van der Waals surface area contributed by atoms with E-state index in [1.807, 2.05) is 36.4 Å². The molecule has 27 heavy (non-hydrogen) atoms. The van der Waals surface area contributed by atoms with E-state index in [1.165, 1.54) is 24.8 Å². The molecule has 1 aliphatic rings. The van der Waals surface area contributed by atoms with Gasteiger partial charge in [0.25, 0.3) is 5.91 Å². The van der Waals surface area contributed by atoms with Crippen molar-refractivity contribution in [2.75, 3.05) is 26.2 Å². The number of carbonyl (C=O) groups excluding carboxylic acids is 1. The summed E-state index contributed by atoms with van der Waals surface area (Å²) in [6.45, 7) is 4.65. The first kappa shape index (κ1) is 17.8. The summed E-state index contributed by atoms with van der Waals surface area (Å²) in [4.78, 5) is 15.4. The number of piperidine rings is 1. The number of amides is 1. The number of nitrogens with one attached hydrogen (secondary N) is 1. The third-order valence-corrected chi connectivity index (χ3v) is 5.39. The molecule has 1 saturated heterocycles. The zero-order valence-corrected chi connectivity index (χ0v) is 15.7. The topological polar surface area (TPSA) is 37.3 Å². The highest BCUT2D eigenvalue weighted by Crippen LogP contribution is 2.21. The number of rotatable bonds is 6. The standard InChI is InChI=1S/C23H27N3O/c27-23(24-13-16-25-14-7-2-8-15-25)22-17-20-11-5-6-12-21(20)26(22)18-19-9-3-1-4-10-19/h1,3-6,9-12,17H,2,7-8,13-16,18H2,(H,24,27). The van der Waals surface area contributed by atoms with E-state index in [4.69, 9.17) is 0 Å². The van der Waals surface area contributed by atoms with Crippen molar-refractivity contribution in [2.24, 2.45) is 0 Å². The fourth-order valence-electron chi connectivity index (χ4n) is 3.94. The molecule has 2 aromatic carbocycles. The van der Waals surface area contributed by atoms with Gasteiger partial charge in [0, 0.05) is 30.5 Å². The molecule has 0 aliphatic carbocycles. The Hall–Kier alpha value is -2.59. The molecule has 0 atom stereocenters. The minimum Gasteiger partial charge on any atom is -0.349 e. The van der Waals surface area contributed by atoms with Gasteiger partial charge >= 0.3 is 0 Å². The second-order valence-electron chi connectivity index (χ2n) is 7.32. The molecular formula is C23H27N3O. The van der Waals surface area contributed by atoms with Crippen LogP contribution in [0.2, 0.25) is 0 Å². The van der Waals surface area contributed by atoms with Gasteiger partial charge in [-0.25, -0.2) is 0 Å². The molecule has 4 heteroatoms. The first-order valence-corrected chi connectivity index (χ1v) is 9.94. The van der Waals surface area contributed by atoms with Crippen LogP contribution in [0.1, 0.15) is 35.3 Å².